The van der Waals surface area contributed by atoms with Crippen LogP contribution in [0.4, 0.5) is 8.78 Å². The van der Waals surface area contributed by atoms with Crippen molar-refractivity contribution in [2.75, 3.05) is 13.1 Å². The molecule has 110 valence electrons. The van der Waals surface area contributed by atoms with Gasteiger partial charge in [0.25, 0.3) is 11.8 Å². The van der Waals surface area contributed by atoms with Gasteiger partial charge in [0.05, 0.1) is 6.33 Å². The molecule has 0 spiro atoms. The molecule has 6 heteroatoms. The molecule has 0 saturated carbocycles. The minimum absolute atomic E-state index is 0.106. The number of likely N-dealkylation sites (tertiary alicyclic amines) is 1. The van der Waals surface area contributed by atoms with Gasteiger partial charge in [-0.15, -0.1) is 0 Å². The van der Waals surface area contributed by atoms with E-state index in [0.717, 1.165) is 5.69 Å². The highest BCUT2D eigenvalue weighted by Gasteiger charge is 2.35. The average molecular weight is 291 g/mol. The Bertz CT molecular complexity index is 613. The average Bonchev–Trinajstić information content (AvgIpc) is 3.01. The van der Waals surface area contributed by atoms with Gasteiger partial charge in [-0.05, 0) is 24.3 Å². The number of rotatable bonds is 2. The number of carbonyl (C=O) groups excluding carboxylic acids is 1. The summed E-state index contributed by atoms with van der Waals surface area (Å²) in [4.78, 5) is 17.7. The zero-order chi connectivity index (χ0) is 14.9. The number of alkyl halides is 2. The number of imidazole rings is 1. The Kier molecular flexibility index (Phi) is 3.45. The third-order valence-electron chi connectivity index (χ3n) is 3.70. The zero-order valence-electron chi connectivity index (χ0n) is 11.4. The summed E-state index contributed by atoms with van der Waals surface area (Å²) < 4.78 is 28.0. The van der Waals surface area contributed by atoms with E-state index in [0.29, 0.717) is 5.56 Å². The van der Waals surface area contributed by atoms with Gasteiger partial charge in [-0.2, -0.15) is 0 Å². The maximum absolute atomic E-state index is 13.1. The first-order valence-corrected chi connectivity index (χ1v) is 6.81. The van der Waals surface area contributed by atoms with E-state index in [1.54, 1.807) is 24.7 Å². The fourth-order valence-corrected chi connectivity index (χ4v) is 2.41. The molecule has 3 rings (SSSR count). The van der Waals surface area contributed by atoms with E-state index < -0.39 is 5.92 Å². The van der Waals surface area contributed by atoms with Gasteiger partial charge in [-0.25, -0.2) is 13.8 Å². The van der Waals surface area contributed by atoms with Gasteiger partial charge in [0.1, 0.15) is 0 Å². The Labute approximate surface area is 121 Å². The van der Waals surface area contributed by atoms with Crippen LogP contribution in [0.15, 0.2) is 43.0 Å². The molecule has 1 aliphatic heterocycles. The van der Waals surface area contributed by atoms with Crippen molar-refractivity contribution in [2.45, 2.75) is 18.8 Å². The number of hydrogen-bond acceptors (Lipinski definition) is 2. The third kappa shape index (κ3) is 2.94. The lowest BCUT2D eigenvalue weighted by Crippen LogP contribution is -2.42. The topological polar surface area (TPSA) is 38.1 Å². The van der Waals surface area contributed by atoms with Gasteiger partial charge >= 0.3 is 0 Å². The predicted molar refractivity (Wildman–Crippen MR) is 73.6 cm³/mol. The molecule has 0 N–H and O–H groups in total. The monoisotopic (exact) mass is 291 g/mol. The standard InChI is InChI=1S/C15H15F2N3O/c16-15(17)5-8-19(9-6-15)14(21)12-1-3-13(4-2-12)20-10-7-18-11-20/h1-4,7,10-11H,5-6,8-9H2. The van der Waals surface area contributed by atoms with Crippen molar-refractivity contribution >= 4 is 5.91 Å². The van der Waals surface area contributed by atoms with Crippen molar-refractivity contribution in [3.05, 3.63) is 48.5 Å². The minimum atomic E-state index is -2.64. The van der Waals surface area contributed by atoms with E-state index in [1.807, 2.05) is 22.9 Å². The maximum atomic E-state index is 13.1. The SMILES string of the molecule is O=C(c1ccc(-n2ccnc2)cc1)N1CCC(F)(F)CC1. The summed E-state index contributed by atoms with van der Waals surface area (Å²) >= 11 is 0. The first kappa shape index (κ1) is 13.7. The molecule has 1 aliphatic rings. The van der Waals surface area contributed by atoms with E-state index in [9.17, 15) is 13.6 Å². The number of halogens is 2. The third-order valence-corrected chi connectivity index (χ3v) is 3.70. The van der Waals surface area contributed by atoms with Crippen molar-refractivity contribution in [3.63, 3.8) is 0 Å². The molecule has 0 radical (unpaired) electrons. The largest absolute Gasteiger partial charge is 0.338 e. The van der Waals surface area contributed by atoms with E-state index in [2.05, 4.69) is 4.98 Å². The number of hydrogen-bond donors (Lipinski definition) is 0. The van der Waals surface area contributed by atoms with Crippen LogP contribution in [-0.2, 0) is 0 Å². The van der Waals surface area contributed by atoms with Crippen molar-refractivity contribution in [1.29, 1.82) is 0 Å². The van der Waals surface area contributed by atoms with Crippen molar-refractivity contribution in [1.82, 2.24) is 14.5 Å². The Balaban J connectivity index is 1.71. The van der Waals surface area contributed by atoms with Crippen LogP contribution < -0.4 is 0 Å². The zero-order valence-corrected chi connectivity index (χ0v) is 11.4. The first-order chi connectivity index (χ1) is 10.1. The van der Waals surface area contributed by atoms with E-state index in [1.165, 1.54) is 4.90 Å². The molecule has 1 aromatic heterocycles. The van der Waals surface area contributed by atoms with E-state index in [-0.39, 0.29) is 31.8 Å². The fraction of sp³-hybridized carbons (Fsp3) is 0.333. The van der Waals surface area contributed by atoms with Crippen LogP contribution in [-0.4, -0.2) is 39.4 Å². The second-order valence-corrected chi connectivity index (χ2v) is 5.16. The Morgan fingerprint density at radius 3 is 2.38 bits per heavy atom. The van der Waals surface area contributed by atoms with Gasteiger partial charge in [-0.3, -0.25) is 4.79 Å². The summed E-state index contributed by atoms with van der Waals surface area (Å²) in [5.74, 6) is -2.83. The summed E-state index contributed by atoms with van der Waals surface area (Å²) in [6.45, 7) is 0.213. The number of aromatic nitrogens is 2. The number of benzene rings is 1. The molecule has 0 aliphatic carbocycles. The van der Waals surface area contributed by atoms with Gasteiger partial charge < -0.3 is 9.47 Å². The molecule has 21 heavy (non-hydrogen) atoms. The van der Waals surface area contributed by atoms with E-state index >= 15 is 0 Å². The highest BCUT2D eigenvalue weighted by molar-refractivity contribution is 5.94. The molecule has 2 aromatic rings. The Morgan fingerprint density at radius 1 is 1.14 bits per heavy atom. The van der Waals surface area contributed by atoms with Crippen LogP contribution in [0, 0.1) is 0 Å². The number of carbonyl (C=O) groups is 1. The summed E-state index contributed by atoms with van der Waals surface area (Å²) in [5.41, 5.74) is 1.42. The second kappa shape index (κ2) is 5.27. The molecule has 0 atom stereocenters. The molecular formula is C15H15F2N3O. The quantitative estimate of drug-likeness (QED) is 0.853. The highest BCUT2D eigenvalue weighted by Crippen LogP contribution is 2.28. The maximum Gasteiger partial charge on any atom is 0.253 e. The molecule has 1 fully saturated rings. The minimum Gasteiger partial charge on any atom is -0.338 e. The molecule has 1 saturated heterocycles. The summed E-state index contributed by atoms with van der Waals surface area (Å²) in [6.07, 6.45) is 4.64. The van der Waals surface area contributed by atoms with Crippen LogP contribution in [0.5, 0.6) is 0 Å². The normalized spacial score (nSPS) is 17.7. The fourth-order valence-electron chi connectivity index (χ4n) is 2.41. The number of nitrogens with zero attached hydrogens (tertiary/aromatic N) is 3. The van der Waals surface area contributed by atoms with Crippen LogP contribution in [0.3, 0.4) is 0 Å². The Morgan fingerprint density at radius 2 is 1.81 bits per heavy atom. The molecule has 2 heterocycles. The second-order valence-electron chi connectivity index (χ2n) is 5.16. The lowest BCUT2D eigenvalue weighted by Gasteiger charge is -2.31. The van der Waals surface area contributed by atoms with Crippen LogP contribution in [0.25, 0.3) is 5.69 Å². The molecular weight excluding hydrogens is 276 g/mol. The number of piperidine rings is 1. The lowest BCUT2D eigenvalue weighted by atomic mass is 10.1. The van der Waals surface area contributed by atoms with Crippen molar-refractivity contribution in [2.24, 2.45) is 0 Å². The molecule has 0 bridgehead atoms. The van der Waals surface area contributed by atoms with Gasteiger partial charge in [0, 0.05) is 49.6 Å². The van der Waals surface area contributed by atoms with Gasteiger partial charge in [-0.1, -0.05) is 0 Å². The van der Waals surface area contributed by atoms with E-state index in [4.69, 9.17) is 0 Å². The molecule has 0 unspecified atom stereocenters. The van der Waals surface area contributed by atoms with Gasteiger partial charge in [0.2, 0.25) is 0 Å². The molecule has 1 amide bonds. The molecule has 1 aromatic carbocycles. The predicted octanol–water partition coefficient (Wildman–Crippen LogP) is 2.74. The Hall–Kier alpha value is -2.24. The summed E-state index contributed by atoms with van der Waals surface area (Å²) in [7, 11) is 0. The van der Waals surface area contributed by atoms with Crippen molar-refractivity contribution < 1.29 is 13.6 Å². The first-order valence-electron chi connectivity index (χ1n) is 6.81. The van der Waals surface area contributed by atoms with Crippen LogP contribution in [0.2, 0.25) is 0 Å². The van der Waals surface area contributed by atoms with Crippen LogP contribution >= 0.6 is 0 Å². The summed E-state index contributed by atoms with van der Waals surface area (Å²) in [6, 6.07) is 7.05. The van der Waals surface area contributed by atoms with Gasteiger partial charge in [0.15, 0.2) is 0 Å². The highest BCUT2D eigenvalue weighted by atomic mass is 19.3. The van der Waals surface area contributed by atoms with Crippen molar-refractivity contribution in [3.8, 4) is 5.69 Å². The summed E-state index contributed by atoms with van der Waals surface area (Å²) in [5, 5.41) is 0. The van der Waals surface area contributed by atoms with Crippen LogP contribution in [0.1, 0.15) is 23.2 Å². The number of amides is 1. The molecule has 4 nitrogen and oxygen atoms in total. The lowest BCUT2D eigenvalue weighted by molar-refractivity contribution is -0.0494. The smallest absolute Gasteiger partial charge is 0.253 e.